The maximum atomic E-state index is 11.6. The van der Waals surface area contributed by atoms with Crippen LogP contribution in [0.25, 0.3) is 0 Å². The average molecular weight is 221 g/mol. The molecule has 3 heteroatoms. The standard InChI is InChI=1S/C13H19NO2/c1-5-16-13(15)10(2)11-7-6-8-12(9-11)14(3)4/h6-10H,5H2,1-4H3. The van der Waals surface area contributed by atoms with Crippen LogP contribution < -0.4 is 4.90 Å². The number of hydrogen-bond acceptors (Lipinski definition) is 3. The largest absolute Gasteiger partial charge is 0.466 e. The first-order valence-electron chi connectivity index (χ1n) is 5.50. The summed E-state index contributed by atoms with van der Waals surface area (Å²) in [6.45, 7) is 4.12. The SMILES string of the molecule is CCOC(=O)C(C)c1cccc(N(C)C)c1. The summed E-state index contributed by atoms with van der Waals surface area (Å²) in [5.41, 5.74) is 2.08. The quantitative estimate of drug-likeness (QED) is 0.731. The van der Waals surface area contributed by atoms with Crippen LogP contribution in [0.3, 0.4) is 0 Å². The van der Waals surface area contributed by atoms with Crippen LogP contribution in [0.1, 0.15) is 25.3 Å². The van der Waals surface area contributed by atoms with Crippen LogP contribution in [-0.2, 0) is 9.53 Å². The molecule has 0 spiro atoms. The van der Waals surface area contributed by atoms with Crippen molar-refractivity contribution in [2.45, 2.75) is 19.8 Å². The molecule has 1 unspecified atom stereocenters. The van der Waals surface area contributed by atoms with E-state index in [4.69, 9.17) is 4.74 Å². The van der Waals surface area contributed by atoms with Gasteiger partial charge < -0.3 is 9.64 Å². The highest BCUT2D eigenvalue weighted by Gasteiger charge is 2.16. The van der Waals surface area contributed by atoms with Gasteiger partial charge in [-0.15, -0.1) is 0 Å². The second-order valence-corrected chi connectivity index (χ2v) is 3.96. The number of anilines is 1. The Hall–Kier alpha value is -1.51. The highest BCUT2D eigenvalue weighted by atomic mass is 16.5. The molecule has 0 aromatic heterocycles. The molecular formula is C13H19NO2. The monoisotopic (exact) mass is 221 g/mol. The molecule has 16 heavy (non-hydrogen) atoms. The van der Waals surface area contributed by atoms with E-state index in [1.807, 2.05) is 57.1 Å². The zero-order valence-electron chi connectivity index (χ0n) is 10.4. The molecule has 0 aliphatic carbocycles. The van der Waals surface area contributed by atoms with Gasteiger partial charge in [-0.2, -0.15) is 0 Å². The van der Waals surface area contributed by atoms with Crippen molar-refractivity contribution >= 4 is 11.7 Å². The summed E-state index contributed by atoms with van der Waals surface area (Å²) in [5, 5.41) is 0. The van der Waals surface area contributed by atoms with Crippen molar-refractivity contribution in [1.29, 1.82) is 0 Å². The highest BCUT2D eigenvalue weighted by Crippen LogP contribution is 2.21. The van der Waals surface area contributed by atoms with Crippen LogP contribution in [0, 0.1) is 0 Å². The third-order valence-corrected chi connectivity index (χ3v) is 2.53. The van der Waals surface area contributed by atoms with Crippen molar-refractivity contribution in [3.8, 4) is 0 Å². The molecule has 0 N–H and O–H groups in total. The molecule has 0 aliphatic heterocycles. The second-order valence-electron chi connectivity index (χ2n) is 3.96. The number of rotatable bonds is 4. The van der Waals surface area contributed by atoms with Gasteiger partial charge in [-0.05, 0) is 31.5 Å². The molecule has 0 bridgehead atoms. The Balaban J connectivity index is 2.87. The van der Waals surface area contributed by atoms with Crippen LogP contribution >= 0.6 is 0 Å². The minimum Gasteiger partial charge on any atom is -0.466 e. The van der Waals surface area contributed by atoms with Gasteiger partial charge in [0, 0.05) is 19.8 Å². The number of ether oxygens (including phenoxy) is 1. The molecule has 1 aromatic rings. The van der Waals surface area contributed by atoms with E-state index in [9.17, 15) is 4.79 Å². The summed E-state index contributed by atoms with van der Waals surface area (Å²) in [4.78, 5) is 13.6. The molecule has 1 atom stereocenters. The normalized spacial score (nSPS) is 12.0. The lowest BCUT2D eigenvalue weighted by atomic mass is 10.0. The zero-order valence-corrected chi connectivity index (χ0v) is 10.4. The summed E-state index contributed by atoms with van der Waals surface area (Å²) in [6, 6.07) is 7.94. The zero-order chi connectivity index (χ0) is 12.1. The third kappa shape index (κ3) is 2.99. The number of esters is 1. The second kappa shape index (κ2) is 5.54. The van der Waals surface area contributed by atoms with E-state index >= 15 is 0 Å². The van der Waals surface area contributed by atoms with E-state index in [0.717, 1.165) is 11.3 Å². The summed E-state index contributed by atoms with van der Waals surface area (Å²) in [7, 11) is 3.96. The maximum absolute atomic E-state index is 11.6. The Morgan fingerprint density at radius 2 is 2.12 bits per heavy atom. The molecule has 0 saturated heterocycles. The number of carbonyl (C=O) groups excluding carboxylic acids is 1. The molecule has 0 aliphatic rings. The number of benzene rings is 1. The van der Waals surface area contributed by atoms with Gasteiger partial charge >= 0.3 is 5.97 Å². The molecule has 0 radical (unpaired) electrons. The Bertz CT molecular complexity index is 361. The first-order valence-corrected chi connectivity index (χ1v) is 5.50. The van der Waals surface area contributed by atoms with Gasteiger partial charge in [0.2, 0.25) is 0 Å². The van der Waals surface area contributed by atoms with E-state index in [1.165, 1.54) is 0 Å². The predicted octanol–water partition coefficient (Wildman–Crippen LogP) is 2.42. The van der Waals surface area contributed by atoms with Gasteiger partial charge in [-0.1, -0.05) is 12.1 Å². The first-order chi connectivity index (χ1) is 7.56. The Labute approximate surface area is 97.0 Å². The van der Waals surface area contributed by atoms with E-state index in [0.29, 0.717) is 6.61 Å². The van der Waals surface area contributed by atoms with Crippen molar-refractivity contribution in [3.63, 3.8) is 0 Å². The average Bonchev–Trinajstić information content (AvgIpc) is 2.28. The highest BCUT2D eigenvalue weighted by molar-refractivity contribution is 5.78. The summed E-state index contributed by atoms with van der Waals surface area (Å²) in [5.74, 6) is -0.377. The van der Waals surface area contributed by atoms with E-state index in [-0.39, 0.29) is 11.9 Å². The van der Waals surface area contributed by atoms with Gasteiger partial charge in [0.1, 0.15) is 0 Å². The van der Waals surface area contributed by atoms with Crippen LogP contribution in [0.2, 0.25) is 0 Å². The molecule has 0 amide bonds. The fourth-order valence-electron chi connectivity index (χ4n) is 1.48. The van der Waals surface area contributed by atoms with E-state index in [1.54, 1.807) is 0 Å². The fourth-order valence-corrected chi connectivity index (χ4v) is 1.48. The summed E-state index contributed by atoms with van der Waals surface area (Å²) in [6.07, 6.45) is 0. The Morgan fingerprint density at radius 3 is 2.69 bits per heavy atom. The van der Waals surface area contributed by atoms with E-state index in [2.05, 4.69) is 0 Å². The number of nitrogens with zero attached hydrogens (tertiary/aromatic N) is 1. The Morgan fingerprint density at radius 1 is 1.44 bits per heavy atom. The van der Waals surface area contributed by atoms with Crippen molar-refractivity contribution in [2.24, 2.45) is 0 Å². The smallest absolute Gasteiger partial charge is 0.313 e. The lowest BCUT2D eigenvalue weighted by molar-refractivity contribution is -0.144. The maximum Gasteiger partial charge on any atom is 0.313 e. The number of carbonyl (C=O) groups is 1. The Kier molecular flexibility index (Phi) is 4.35. The van der Waals surface area contributed by atoms with Crippen LogP contribution in [0.15, 0.2) is 24.3 Å². The van der Waals surface area contributed by atoms with Gasteiger partial charge in [-0.3, -0.25) is 4.79 Å². The minimum atomic E-state index is -0.208. The topological polar surface area (TPSA) is 29.5 Å². The number of hydrogen-bond donors (Lipinski definition) is 0. The molecule has 88 valence electrons. The van der Waals surface area contributed by atoms with Crippen LogP contribution in [0.5, 0.6) is 0 Å². The van der Waals surface area contributed by atoms with Gasteiger partial charge in [0.05, 0.1) is 12.5 Å². The van der Waals surface area contributed by atoms with Gasteiger partial charge in [-0.25, -0.2) is 0 Å². The van der Waals surface area contributed by atoms with Crippen molar-refractivity contribution in [3.05, 3.63) is 29.8 Å². The van der Waals surface area contributed by atoms with Crippen LogP contribution in [0.4, 0.5) is 5.69 Å². The predicted molar refractivity (Wildman–Crippen MR) is 65.8 cm³/mol. The van der Waals surface area contributed by atoms with Crippen molar-refractivity contribution < 1.29 is 9.53 Å². The van der Waals surface area contributed by atoms with Gasteiger partial charge in [0.15, 0.2) is 0 Å². The molecule has 1 aromatic carbocycles. The first kappa shape index (κ1) is 12.6. The summed E-state index contributed by atoms with van der Waals surface area (Å²) >= 11 is 0. The minimum absolute atomic E-state index is 0.168. The van der Waals surface area contributed by atoms with E-state index < -0.39 is 0 Å². The molecular weight excluding hydrogens is 202 g/mol. The van der Waals surface area contributed by atoms with Crippen molar-refractivity contribution in [1.82, 2.24) is 0 Å². The fraction of sp³-hybridized carbons (Fsp3) is 0.462. The summed E-state index contributed by atoms with van der Waals surface area (Å²) < 4.78 is 5.01. The molecule has 0 saturated carbocycles. The molecule has 3 nitrogen and oxygen atoms in total. The third-order valence-electron chi connectivity index (χ3n) is 2.53. The van der Waals surface area contributed by atoms with Crippen molar-refractivity contribution in [2.75, 3.05) is 25.6 Å². The lowest BCUT2D eigenvalue weighted by Gasteiger charge is -2.16. The molecule has 1 rings (SSSR count). The molecule has 0 heterocycles. The molecule has 0 fully saturated rings. The van der Waals surface area contributed by atoms with Crippen LogP contribution in [-0.4, -0.2) is 26.7 Å². The lowest BCUT2D eigenvalue weighted by Crippen LogP contribution is -2.14. The van der Waals surface area contributed by atoms with Gasteiger partial charge in [0.25, 0.3) is 0 Å².